The first-order chi connectivity index (χ1) is 3.41. The largest absolute Gasteiger partial charge is 1.00 e. The van der Waals surface area contributed by atoms with Gasteiger partial charge in [-0.25, -0.2) is 0 Å². The van der Waals surface area contributed by atoms with Gasteiger partial charge in [0.1, 0.15) is 0 Å². The monoisotopic (exact) mass is 236 g/mol. The molecule has 2 heteroatoms. The third-order valence-electron chi connectivity index (χ3n) is 0.667. The second-order valence-corrected chi connectivity index (χ2v) is 2.86. The number of hydrogen-bond donors (Lipinski definition) is 0. The first kappa shape index (κ1) is 11.5. The third kappa shape index (κ3) is 9.89. The van der Waals surface area contributed by atoms with E-state index in [0.717, 1.165) is 0 Å². The van der Waals surface area contributed by atoms with Crippen molar-refractivity contribution in [3.05, 3.63) is 25.3 Å². The zero-order valence-corrected chi connectivity index (χ0v) is 8.25. The van der Waals surface area contributed by atoms with Crippen molar-refractivity contribution in [3.63, 3.8) is 0 Å². The molecule has 0 N–H and O–H groups in total. The Morgan fingerprint density at radius 3 is 1.75 bits per heavy atom. The molecule has 0 bridgehead atoms. The number of rotatable bonds is 4. The molecule has 0 saturated carbocycles. The van der Waals surface area contributed by atoms with E-state index in [4.69, 9.17) is 0 Å². The zero-order chi connectivity index (χ0) is 5.54. The van der Waals surface area contributed by atoms with Crippen LogP contribution in [0.5, 0.6) is 0 Å². The topological polar surface area (TPSA) is 0 Å². The van der Waals surface area contributed by atoms with E-state index < -0.39 is 0 Å². The number of halogens is 1. The molecule has 0 unspecified atom stereocenters. The van der Waals surface area contributed by atoms with Crippen LogP contribution in [0.3, 0.4) is 0 Å². The molecule has 0 radical (unpaired) electrons. The summed E-state index contributed by atoms with van der Waals surface area (Å²) >= 11 is 0.586. The molecule has 8 heavy (non-hydrogen) atoms. The van der Waals surface area contributed by atoms with Gasteiger partial charge < -0.3 is 24.0 Å². The molecule has 0 aliphatic rings. The molecular formula is C6H10AlI. The molecule has 44 valence electrons. The van der Waals surface area contributed by atoms with Crippen molar-refractivity contribution in [2.75, 3.05) is 0 Å². The van der Waals surface area contributed by atoms with E-state index >= 15 is 0 Å². The summed E-state index contributed by atoms with van der Waals surface area (Å²) in [5.41, 5.74) is 0. The smallest absolute Gasteiger partial charge is 1.00 e. The molecule has 0 amide bonds. The maximum atomic E-state index is 3.62. The van der Waals surface area contributed by atoms with Gasteiger partial charge in [-0.2, -0.15) is 0 Å². The molecule has 0 aliphatic carbocycles. The minimum Gasteiger partial charge on any atom is -1.00 e. The van der Waals surface area contributed by atoms with Crippen LogP contribution in [-0.4, -0.2) is 15.2 Å². The average molecular weight is 236 g/mol. The quantitative estimate of drug-likeness (QED) is 0.252. The predicted molar refractivity (Wildman–Crippen MR) is 35.8 cm³/mol. The van der Waals surface area contributed by atoms with Crippen LogP contribution in [0.4, 0.5) is 0 Å². The predicted octanol–water partition coefficient (Wildman–Crippen LogP) is -1.10. The van der Waals surface area contributed by atoms with Crippen molar-refractivity contribution in [3.8, 4) is 0 Å². The Morgan fingerprint density at radius 1 is 1.12 bits per heavy atom. The van der Waals surface area contributed by atoms with Crippen LogP contribution in [-0.2, 0) is 0 Å². The van der Waals surface area contributed by atoms with Crippen LogP contribution in [0.1, 0.15) is 0 Å². The van der Waals surface area contributed by atoms with E-state index in [1.807, 2.05) is 12.2 Å². The van der Waals surface area contributed by atoms with Crippen molar-refractivity contribution >= 4 is 15.2 Å². The van der Waals surface area contributed by atoms with Gasteiger partial charge in [0.15, 0.2) is 0 Å². The second kappa shape index (κ2) is 10.7. The first-order valence-corrected chi connectivity index (χ1v) is 4.08. The van der Waals surface area contributed by atoms with Gasteiger partial charge in [-0.05, 0) is 0 Å². The summed E-state index contributed by atoms with van der Waals surface area (Å²) in [6.45, 7) is 7.24. The Balaban J connectivity index is 0. The fraction of sp³-hybridized carbons (Fsp3) is 0.333. The molecule has 0 heterocycles. The van der Waals surface area contributed by atoms with Gasteiger partial charge in [0.2, 0.25) is 0 Å². The molecule has 0 aromatic rings. The summed E-state index contributed by atoms with van der Waals surface area (Å²) in [6.07, 6.45) is 3.94. The molecule has 0 aromatic carbocycles. The standard InChI is InChI=1S/2C3H5.Al.HI/c2*1-3-2;;/h2*3H,1-2H2;;1H/q;;+1;/p-1. The number of hydrogen-bond acceptors (Lipinski definition) is 0. The average Bonchev–Trinajstić information content (AvgIpc) is 1.69. The van der Waals surface area contributed by atoms with Crippen molar-refractivity contribution in [1.29, 1.82) is 0 Å². The third-order valence-corrected chi connectivity index (χ3v) is 2.00. The Kier molecular flexibility index (Phi) is 15.4. The molecule has 0 aliphatic heterocycles. The molecule has 0 spiro atoms. The van der Waals surface area contributed by atoms with Gasteiger partial charge in [0.25, 0.3) is 0 Å². The van der Waals surface area contributed by atoms with Crippen molar-refractivity contribution in [1.82, 2.24) is 0 Å². The summed E-state index contributed by atoms with van der Waals surface area (Å²) in [5, 5.41) is 2.40. The van der Waals surface area contributed by atoms with Crippen molar-refractivity contribution in [2.45, 2.75) is 10.6 Å². The van der Waals surface area contributed by atoms with Crippen molar-refractivity contribution in [2.24, 2.45) is 0 Å². The summed E-state index contributed by atoms with van der Waals surface area (Å²) < 4.78 is 0. The summed E-state index contributed by atoms with van der Waals surface area (Å²) in [5.74, 6) is 0. The van der Waals surface area contributed by atoms with E-state index in [2.05, 4.69) is 13.2 Å². The molecular weight excluding hydrogens is 226 g/mol. The Hall–Kier alpha value is 0.742. The minimum atomic E-state index is 0. The fourth-order valence-corrected chi connectivity index (χ4v) is 0.996. The van der Waals surface area contributed by atoms with Gasteiger partial charge in [-0.1, -0.05) is 0 Å². The van der Waals surface area contributed by atoms with E-state index in [-0.39, 0.29) is 24.0 Å². The SMILES string of the molecule is C=C[CH2][Al+][CH2]C=C.[I-]. The van der Waals surface area contributed by atoms with Gasteiger partial charge in [-0.15, -0.1) is 0 Å². The Morgan fingerprint density at radius 2 is 1.50 bits per heavy atom. The van der Waals surface area contributed by atoms with Crippen LogP contribution >= 0.6 is 0 Å². The molecule has 0 atom stereocenters. The van der Waals surface area contributed by atoms with E-state index in [9.17, 15) is 0 Å². The van der Waals surface area contributed by atoms with Gasteiger partial charge >= 0.3 is 51.1 Å². The molecule has 0 nitrogen and oxygen atoms in total. The maximum Gasteiger partial charge on any atom is -1.00 e. The van der Waals surface area contributed by atoms with Gasteiger partial charge in [0.05, 0.1) is 0 Å². The van der Waals surface area contributed by atoms with Crippen LogP contribution in [0, 0.1) is 0 Å². The summed E-state index contributed by atoms with van der Waals surface area (Å²) in [6, 6.07) is 0. The second-order valence-electron chi connectivity index (χ2n) is 1.34. The minimum absolute atomic E-state index is 0. The van der Waals surface area contributed by atoms with E-state index in [0.29, 0.717) is 15.2 Å². The molecule has 0 rings (SSSR count). The van der Waals surface area contributed by atoms with Crippen LogP contribution in [0.2, 0.25) is 10.6 Å². The molecule has 0 saturated heterocycles. The number of allylic oxidation sites excluding steroid dienone is 2. The Bertz CT molecular complexity index is 53.5. The zero-order valence-electron chi connectivity index (χ0n) is 4.94. The summed E-state index contributed by atoms with van der Waals surface area (Å²) in [4.78, 5) is 0. The van der Waals surface area contributed by atoms with Crippen LogP contribution < -0.4 is 24.0 Å². The van der Waals surface area contributed by atoms with Crippen LogP contribution in [0.25, 0.3) is 0 Å². The van der Waals surface area contributed by atoms with Crippen molar-refractivity contribution < 1.29 is 24.0 Å². The van der Waals surface area contributed by atoms with Gasteiger partial charge in [-0.3, -0.25) is 0 Å². The Labute approximate surface area is 74.8 Å². The normalized spacial score (nSPS) is 6.00. The van der Waals surface area contributed by atoms with Crippen LogP contribution in [0.15, 0.2) is 25.3 Å². The molecule has 0 aromatic heterocycles. The van der Waals surface area contributed by atoms with Gasteiger partial charge in [0, 0.05) is 0 Å². The maximum absolute atomic E-state index is 3.62. The van der Waals surface area contributed by atoms with E-state index in [1.165, 1.54) is 10.6 Å². The molecule has 0 fully saturated rings. The summed E-state index contributed by atoms with van der Waals surface area (Å²) in [7, 11) is 0. The fourth-order valence-electron chi connectivity index (χ4n) is 0.332. The first-order valence-electron chi connectivity index (χ1n) is 2.45. The van der Waals surface area contributed by atoms with E-state index in [1.54, 1.807) is 0 Å².